The molecule has 3 aromatic rings. The summed E-state index contributed by atoms with van der Waals surface area (Å²) in [6, 6.07) is 12.9. The summed E-state index contributed by atoms with van der Waals surface area (Å²) in [5.74, 6) is -0.453. The van der Waals surface area contributed by atoms with Crippen LogP contribution < -0.4 is 11.1 Å². The Labute approximate surface area is 138 Å². The van der Waals surface area contributed by atoms with Crippen LogP contribution >= 0.6 is 0 Å². The lowest BCUT2D eigenvalue weighted by molar-refractivity contribution is -0.120. The Hall–Kier alpha value is -3.35. The molecule has 1 atom stereocenters. The molecule has 3 rings (SSSR count). The van der Waals surface area contributed by atoms with E-state index in [1.807, 2.05) is 6.07 Å². The van der Waals surface area contributed by atoms with E-state index in [1.165, 1.54) is 0 Å². The van der Waals surface area contributed by atoms with Crippen molar-refractivity contribution in [3.8, 4) is 0 Å². The Kier molecular flexibility index (Phi) is 4.42. The maximum Gasteiger partial charge on any atom is 0.287 e. The second-order valence-electron chi connectivity index (χ2n) is 5.19. The summed E-state index contributed by atoms with van der Waals surface area (Å²) in [5, 5.41) is 6.66. The number of hydrogen-bond acceptors (Lipinski definition) is 4. The standard InChI is InChI=1S/C17H16N4O3/c18-16(22)15(12-5-2-1-3-6-12)20-17(23)14-8-7-13(24-14)11-21-10-4-9-19-21/h1-10,15H,11H2,(H2,18,22)(H,20,23). The topological polar surface area (TPSA) is 103 Å². The van der Waals surface area contributed by atoms with Gasteiger partial charge < -0.3 is 15.5 Å². The summed E-state index contributed by atoms with van der Waals surface area (Å²) >= 11 is 0. The molecule has 122 valence electrons. The SMILES string of the molecule is NC(=O)C(NC(=O)c1ccc(Cn2cccn2)o1)c1ccccc1. The summed E-state index contributed by atoms with van der Waals surface area (Å²) in [7, 11) is 0. The smallest absolute Gasteiger partial charge is 0.287 e. The summed E-state index contributed by atoms with van der Waals surface area (Å²) in [6.45, 7) is 0.415. The van der Waals surface area contributed by atoms with Crippen molar-refractivity contribution in [2.75, 3.05) is 0 Å². The summed E-state index contributed by atoms with van der Waals surface area (Å²) in [6.07, 6.45) is 3.45. The number of nitrogens with zero attached hydrogens (tertiary/aromatic N) is 2. The van der Waals surface area contributed by atoms with Crippen molar-refractivity contribution in [1.82, 2.24) is 15.1 Å². The molecule has 7 heteroatoms. The largest absolute Gasteiger partial charge is 0.454 e. The lowest BCUT2D eigenvalue weighted by atomic mass is 10.1. The highest BCUT2D eigenvalue weighted by atomic mass is 16.4. The van der Waals surface area contributed by atoms with Crippen molar-refractivity contribution in [3.05, 3.63) is 78.0 Å². The zero-order chi connectivity index (χ0) is 16.9. The Morgan fingerprint density at radius 1 is 1.17 bits per heavy atom. The zero-order valence-electron chi connectivity index (χ0n) is 12.8. The number of primary amides is 1. The fourth-order valence-electron chi connectivity index (χ4n) is 2.31. The molecule has 2 heterocycles. The third-order valence-corrected chi connectivity index (χ3v) is 3.46. The van der Waals surface area contributed by atoms with Crippen LogP contribution in [0.15, 0.2) is 65.3 Å². The van der Waals surface area contributed by atoms with Crippen molar-refractivity contribution < 1.29 is 14.0 Å². The van der Waals surface area contributed by atoms with Gasteiger partial charge in [-0.05, 0) is 23.8 Å². The molecule has 0 aliphatic rings. The first-order chi connectivity index (χ1) is 11.6. The third kappa shape index (κ3) is 3.52. The van der Waals surface area contributed by atoms with Gasteiger partial charge >= 0.3 is 0 Å². The fraction of sp³-hybridized carbons (Fsp3) is 0.118. The minimum Gasteiger partial charge on any atom is -0.454 e. The van der Waals surface area contributed by atoms with Gasteiger partial charge in [0.15, 0.2) is 5.76 Å². The van der Waals surface area contributed by atoms with E-state index in [0.717, 1.165) is 0 Å². The minimum absolute atomic E-state index is 0.110. The molecule has 0 bridgehead atoms. The van der Waals surface area contributed by atoms with E-state index in [-0.39, 0.29) is 5.76 Å². The Balaban J connectivity index is 1.72. The van der Waals surface area contributed by atoms with Crippen molar-refractivity contribution in [3.63, 3.8) is 0 Å². The average molecular weight is 324 g/mol. The van der Waals surface area contributed by atoms with E-state index >= 15 is 0 Å². The van der Waals surface area contributed by atoms with E-state index in [0.29, 0.717) is 17.9 Å². The quantitative estimate of drug-likeness (QED) is 0.716. The van der Waals surface area contributed by atoms with Crippen LogP contribution in [-0.2, 0) is 11.3 Å². The molecule has 0 saturated carbocycles. The van der Waals surface area contributed by atoms with Gasteiger partial charge in [-0.2, -0.15) is 5.10 Å². The molecule has 0 saturated heterocycles. The number of furan rings is 1. The molecule has 2 aromatic heterocycles. The number of benzene rings is 1. The summed E-state index contributed by atoms with van der Waals surface area (Å²) < 4.78 is 7.19. The molecule has 7 nitrogen and oxygen atoms in total. The predicted octanol–water partition coefficient (Wildman–Crippen LogP) is 1.48. The van der Waals surface area contributed by atoms with Crippen LogP contribution in [-0.4, -0.2) is 21.6 Å². The predicted molar refractivity (Wildman–Crippen MR) is 85.9 cm³/mol. The van der Waals surface area contributed by atoms with Gasteiger partial charge in [-0.25, -0.2) is 0 Å². The fourth-order valence-corrected chi connectivity index (χ4v) is 2.31. The molecule has 0 spiro atoms. The van der Waals surface area contributed by atoms with Gasteiger partial charge in [0.2, 0.25) is 5.91 Å². The third-order valence-electron chi connectivity index (χ3n) is 3.46. The Bertz CT molecular complexity index is 825. The van der Waals surface area contributed by atoms with Crippen LogP contribution in [0.4, 0.5) is 0 Å². The number of rotatable bonds is 6. The summed E-state index contributed by atoms with van der Waals surface area (Å²) in [5.41, 5.74) is 6.01. The maximum atomic E-state index is 12.3. The van der Waals surface area contributed by atoms with E-state index in [9.17, 15) is 9.59 Å². The molecular weight excluding hydrogens is 308 g/mol. The van der Waals surface area contributed by atoms with Gasteiger partial charge in [0.25, 0.3) is 5.91 Å². The highest BCUT2D eigenvalue weighted by Crippen LogP contribution is 2.15. The zero-order valence-corrected chi connectivity index (χ0v) is 12.8. The van der Waals surface area contributed by atoms with Crippen LogP contribution in [0.25, 0.3) is 0 Å². The Morgan fingerprint density at radius 2 is 1.96 bits per heavy atom. The molecule has 24 heavy (non-hydrogen) atoms. The second-order valence-corrected chi connectivity index (χ2v) is 5.19. The first-order valence-corrected chi connectivity index (χ1v) is 7.35. The number of carbonyl (C=O) groups excluding carboxylic acids is 2. The van der Waals surface area contributed by atoms with E-state index < -0.39 is 17.9 Å². The molecule has 0 aliphatic heterocycles. The van der Waals surface area contributed by atoms with Crippen LogP contribution in [0.1, 0.15) is 27.9 Å². The van der Waals surface area contributed by atoms with Crippen LogP contribution in [0, 0.1) is 0 Å². The molecule has 2 amide bonds. The minimum atomic E-state index is -0.918. The number of hydrogen-bond donors (Lipinski definition) is 2. The van der Waals surface area contributed by atoms with E-state index in [1.54, 1.807) is 59.5 Å². The van der Waals surface area contributed by atoms with Crippen LogP contribution in [0.3, 0.4) is 0 Å². The van der Waals surface area contributed by atoms with Crippen molar-refractivity contribution >= 4 is 11.8 Å². The summed E-state index contributed by atoms with van der Waals surface area (Å²) in [4.78, 5) is 24.0. The Morgan fingerprint density at radius 3 is 2.62 bits per heavy atom. The highest BCUT2D eigenvalue weighted by molar-refractivity contribution is 5.95. The number of carbonyl (C=O) groups is 2. The molecule has 3 N–H and O–H groups in total. The molecule has 1 unspecified atom stereocenters. The molecule has 0 aliphatic carbocycles. The second kappa shape index (κ2) is 6.82. The van der Waals surface area contributed by atoms with Crippen molar-refractivity contribution in [1.29, 1.82) is 0 Å². The van der Waals surface area contributed by atoms with Gasteiger partial charge in [0.1, 0.15) is 11.8 Å². The van der Waals surface area contributed by atoms with Crippen LogP contribution in [0.2, 0.25) is 0 Å². The molecule has 1 aromatic carbocycles. The maximum absolute atomic E-state index is 12.3. The normalized spacial score (nSPS) is 11.8. The average Bonchev–Trinajstić information content (AvgIpc) is 3.25. The highest BCUT2D eigenvalue weighted by Gasteiger charge is 2.22. The van der Waals surface area contributed by atoms with Crippen LogP contribution in [0.5, 0.6) is 0 Å². The number of nitrogens with one attached hydrogen (secondary N) is 1. The van der Waals surface area contributed by atoms with Gasteiger partial charge in [0.05, 0.1) is 6.54 Å². The number of amides is 2. The monoisotopic (exact) mass is 324 g/mol. The van der Waals surface area contributed by atoms with Crippen molar-refractivity contribution in [2.45, 2.75) is 12.6 Å². The molecular formula is C17H16N4O3. The first kappa shape index (κ1) is 15.5. The van der Waals surface area contributed by atoms with Gasteiger partial charge in [-0.1, -0.05) is 30.3 Å². The van der Waals surface area contributed by atoms with Gasteiger partial charge in [0, 0.05) is 12.4 Å². The molecule has 0 fully saturated rings. The van der Waals surface area contributed by atoms with E-state index in [4.69, 9.17) is 10.2 Å². The van der Waals surface area contributed by atoms with Gasteiger partial charge in [-0.15, -0.1) is 0 Å². The van der Waals surface area contributed by atoms with Gasteiger partial charge in [-0.3, -0.25) is 14.3 Å². The lowest BCUT2D eigenvalue weighted by Crippen LogP contribution is -2.37. The number of aromatic nitrogens is 2. The first-order valence-electron chi connectivity index (χ1n) is 7.35. The lowest BCUT2D eigenvalue weighted by Gasteiger charge is -2.14. The number of nitrogens with two attached hydrogens (primary N) is 1. The molecule has 0 radical (unpaired) electrons. The van der Waals surface area contributed by atoms with Crippen molar-refractivity contribution in [2.24, 2.45) is 5.73 Å². The van der Waals surface area contributed by atoms with E-state index in [2.05, 4.69) is 10.4 Å².